The van der Waals surface area contributed by atoms with E-state index in [0.717, 1.165) is 12.8 Å². The minimum Gasteiger partial charge on any atom is -0.311 e. The molecule has 1 aliphatic rings. The zero-order chi connectivity index (χ0) is 13.9. The maximum atomic E-state index is 12.7. The van der Waals surface area contributed by atoms with Gasteiger partial charge in [-0.3, -0.25) is 4.98 Å². The Labute approximate surface area is 115 Å². The highest BCUT2D eigenvalue weighted by atomic mass is 32.2. The lowest BCUT2D eigenvalue weighted by molar-refractivity contribution is 0.215. The quantitative estimate of drug-likeness (QED) is 0.903. The van der Waals surface area contributed by atoms with Crippen LogP contribution in [0.2, 0.25) is 0 Å². The summed E-state index contributed by atoms with van der Waals surface area (Å²) in [6.07, 6.45) is 4.74. The van der Waals surface area contributed by atoms with Crippen LogP contribution in [0.4, 0.5) is 0 Å². The Kier molecular flexibility index (Phi) is 4.54. The van der Waals surface area contributed by atoms with E-state index in [1.165, 1.54) is 6.20 Å². The molecule has 2 heterocycles. The van der Waals surface area contributed by atoms with Gasteiger partial charge in [-0.1, -0.05) is 13.8 Å². The van der Waals surface area contributed by atoms with Gasteiger partial charge in [0.15, 0.2) is 0 Å². The van der Waals surface area contributed by atoms with Crippen molar-refractivity contribution in [2.45, 2.75) is 43.7 Å². The van der Waals surface area contributed by atoms with Gasteiger partial charge in [0.25, 0.3) is 0 Å². The summed E-state index contributed by atoms with van der Waals surface area (Å²) in [5, 5.41) is 3.40. The summed E-state index contributed by atoms with van der Waals surface area (Å²) in [6, 6.07) is 3.52. The summed E-state index contributed by atoms with van der Waals surface area (Å²) >= 11 is 0. The molecule has 0 aromatic carbocycles. The molecule has 0 spiro atoms. The van der Waals surface area contributed by atoms with Gasteiger partial charge < -0.3 is 5.32 Å². The van der Waals surface area contributed by atoms with Gasteiger partial charge in [0.2, 0.25) is 10.0 Å². The molecule has 5 nitrogen and oxygen atoms in total. The number of aromatic nitrogens is 1. The molecular weight excluding hydrogens is 262 g/mol. The average molecular weight is 283 g/mol. The smallest absolute Gasteiger partial charge is 0.244 e. The number of rotatable bonds is 4. The van der Waals surface area contributed by atoms with Crippen LogP contribution in [0.3, 0.4) is 0 Å². The molecule has 1 aromatic heterocycles. The number of piperazine rings is 1. The molecule has 19 heavy (non-hydrogen) atoms. The molecule has 1 N–H and O–H groups in total. The lowest BCUT2D eigenvalue weighted by atomic mass is 10.1. The summed E-state index contributed by atoms with van der Waals surface area (Å²) in [4.78, 5) is 4.20. The molecule has 1 saturated heterocycles. The average Bonchev–Trinajstić information content (AvgIpc) is 2.47. The number of nitrogens with one attached hydrogen (secondary N) is 1. The SMILES string of the molecule is CCC1CN(S(=O)(=O)c2cccnc2)C(CC)CN1. The molecule has 106 valence electrons. The maximum Gasteiger partial charge on any atom is 0.244 e. The number of hydrogen-bond acceptors (Lipinski definition) is 4. The van der Waals surface area contributed by atoms with Crippen molar-refractivity contribution >= 4 is 10.0 Å². The van der Waals surface area contributed by atoms with E-state index in [0.29, 0.717) is 13.1 Å². The molecule has 0 aliphatic carbocycles. The monoisotopic (exact) mass is 283 g/mol. The van der Waals surface area contributed by atoms with Crippen LogP contribution in [0, 0.1) is 0 Å². The third-order valence-corrected chi connectivity index (χ3v) is 5.56. The minimum absolute atomic E-state index is 0.0213. The molecule has 0 radical (unpaired) electrons. The molecule has 2 atom stereocenters. The Bertz CT molecular complexity index is 504. The van der Waals surface area contributed by atoms with Crippen molar-refractivity contribution in [1.82, 2.24) is 14.6 Å². The fourth-order valence-electron chi connectivity index (χ4n) is 2.39. The third-order valence-electron chi connectivity index (χ3n) is 3.65. The van der Waals surface area contributed by atoms with Crippen molar-refractivity contribution in [1.29, 1.82) is 0 Å². The molecule has 2 rings (SSSR count). The van der Waals surface area contributed by atoms with Crippen molar-refractivity contribution in [3.05, 3.63) is 24.5 Å². The Balaban J connectivity index is 2.31. The molecule has 1 aliphatic heterocycles. The highest BCUT2D eigenvalue weighted by Gasteiger charge is 2.35. The van der Waals surface area contributed by atoms with Crippen molar-refractivity contribution in [2.75, 3.05) is 13.1 Å². The first-order valence-electron chi connectivity index (χ1n) is 6.74. The van der Waals surface area contributed by atoms with Gasteiger partial charge in [-0.15, -0.1) is 0 Å². The molecule has 0 saturated carbocycles. The first kappa shape index (κ1) is 14.4. The van der Waals surface area contributed by atoms with Crippen LogP contribution in [-0.4, -0.2) is 42.9 Å². The summed E-state index contributed by atoms with van der Waals surface area (Å²) in [5.74, 6) is 0. The Hall–Kier alpha value is -0.980. The topological polar surface area (TPSA) is 62.3 Å². The standard InChI is InChI=1S/C13H21N3O2S/c1-3-11-10-16(12(4-2)8-15-11)19(17,18)13-6-5-7-14-9-13/h5-7,9,11-12,15H,3-4,8,10H2,1-2H3. The first-order valence-corrected chi connectivity index (χ1v) is 8.18. The summed E-state index contributed by atoms with van der Waals surface area (Å²) in [7, 11) is -3.44. The summed E-state index contributed by atoms with van der Waals surface area (Å²) < 4.78 is 27.0. The van der Waals surface area contributed by atoms with Gasteiger partial charge in [0, 0.05) is 37.6 Å². The normalized spacial score (nSPS) is 25.4. The van der Waals surface area contributed by atoms with E-state index in [-0.39, 0.29) is 17.0 Å². The van der Waals surface area contributed by atoms with Crippen molar-refractivity contribution < 1.29 is 8.42 Å². The molecule has 2 unspecified atom stereocenters. The number of pyridine rings is 1. The second-order valence-electron chi connectivity index (χ2n) is 4.84. The largest absolute Gasteiger partial charge is 0.311 e. The molecule has 0 bridgehead atoms. The van der Waals surface area contributed by atoms with E-state index < -0.39 is 10.0 Å². The number of hydrogen-bond donors (Lipinski definition) is 1. The zero-order valence-electron chi connectivity index (χ0n) is 11.4. The van der Waals surface area contributed by atoms with E-state index in [1.807, 2.05) is 6.92 Å². The van der Waals surface area contributed by atoms with E-state index in [2.05, 4.69) is 17.2 Å². The van der Waals surface area contributed by atoms with Crippen LogP contribution in [-0.2, 0) is 10.0 Å². The van der Waals surface area contributed by atoms with Gasteiger partial charge >= 0.3 is 0 Å². The highest BCUT2D eigenvalue weighted by Crippen LogP contribution is 2.22. The van der Waals surface area contributed by atoms with Gasteiger partial charge in [0.05, 0.1) is 0 Å². The van der Waals surface area contributed by atoms with Gasteiger partial charge in [0.1, 0.15) is 4.90 Å². The van der Waals surface area contributed by atoms with Crippen molar-refractivity contribution in [3.8, 4) is 0 Å². The van der Waals surface area contributed by atoms with E-state index in [9.17, 15) is 8.42 Å². The van der Waals surface area contributed by atoms with Gasteiger partial charge in [-0.05, 0) is 25.0 Å². The minimum atomic E-state index is -3.44. The van der Waals surface area contributed by atoms with E-state index in [1.54, 1.807) is 22.6 Å². The summed E-state index contributed by atoms with van der Waals surface area (Å²) in [5.41, 5.74) is 0. The summed E-state index contributed by atoms with van der Waals surface area (Å²) in [6.45, 7) is 5.34. The van der Waals surface area contributed by atoms with E-state index >= 15 is 0 Å². The van der Waals surface area contributed by atoms with Crippen molar-refractivity contribution in [3.63, 3.8) is 0 Å². The molecular formula is C13H21N3O2S. The van der Waals surface area contributed by atoms with Crippen LogP contribution in [0.5, 0.6) is 0 Å². The molecule has 1 aromatic rings. The Morgan fingerprint density at radius 1 is 1.42 bits per heavy atom. The molecule has 6 heteroatoms. The van der Waals surface area contributed by atoms with Crippen LogP contribution < -0.4 is 5.32 Å². The van der Waals surface area contributed by atoms with Crippen molar-refractivity contribution in [2.24, 2.45) is 0 Å². The predicted molar refractivity (Wildman–Crippen MR) is 74.3 cm³/mol. The Morgan fingerprint density at radius 2 is 2.21 bits per heavy atom. The maximum absolute atomic E-state index is 12.7. The Morgan fingerprint density at radius 3 is 2.79 bits per heavy atom. The van der Waals surface area contributed by atoms with Crippen LogP contribution in [0.1, 0.15) is 26.7 Å². The lowest BCUT2D eigenvalue weighted by Crippen LogP contribution is -2.57. The van der Waals surface area contributed by atoms with E-state index in [4.69, 9.17) is 0 Å². The first-order chi connectivity index (χ1) is 9.09. The number of sulfonamides is 1. The molecule has 0 amide bonds. The van der Waals surface area contributed by atoms with Crippen LogP contribution >= 0.6 is 0 Å². The van der Waals surface area contributed by atoms with Gasteiger partial charge in [-0.25, -0.2) is 8.42 Å². The second kappa shape index (κ2) is 5.98. The van der Waals surface area contributed by atoms with Gasteiger partial charge in [-0.2, -0.15) is 4.31 Å². The molecule has 1 fully saturated rings. The highest BCUT2D eigenvalue weighted by molar-refractivity contribution is 7.89. The second-order valence-corrected chi connectivity index (χ2v) is 6.73. The zero-order valence-corrected chi connectivity index (χ0v) is 12.2. The van der Waals surface area contributed by atoms with Crippen LogP contribution in [0.15, 0.2) is 29.4 Å². The fraction of sp³-hybridized carbons (Fsp3) is 0.615. The predicted octanol–water partition coefficient (Wildman–Crippen LogP) is 1.23. The number of nitrogens with zero attached hydrogens (tertiary/aromatic N) is 2. The van der Waals surface area contributed by atoms with Crippen LogP contribution in [0.25, 0.3) is 0 Å². The lowest BCUT2D eigenvalue weighted by Gasteiger charge is -2.38. The third kappa shape index (κ3) is 2.96. The fourth-order valence-corrected chi connectivity index (χ4v) is 4.09.